The lowest BCUT2D eigenvalue weighted by Crippen LogP contribution is -2.25. The minimum atomic E-state index is 0.552. The molecule has 3 unspecified atom stereocenters. The minimum Gasteiger partial charge on any atom is -0.382 e. The van der Waals surface area contributed by atoms with Gasteiger partial charge in [0.2, 0.25) is 0 Å². The first kappa shape index (κ1) is 11.2. The Morgan fingerprint density at radius 2 is 2.31 bits per heavy atom. The van der Waals surface area contributed by atoms with Gasteiger partial charge in [0.1, 0.15) is 5.82 Å². The molecule has 0 aromatic carbocycles. The van der Waals surface area contributed by atoms with Gasteiger partial charge in [0.05, 0.1) is 5.69 Å². The third-order valence-electron chi connectivity index (χ3n) is 3.93. The van der Waals surface area contributed by atoms with Crippen molar-refractivity contribution in [3.63, 3.8) is 0 Å². The van der Waals surface area contributed by atoms with Crippen LogP contribution in [0, 0.1) is 11.8 Å². The van der Waals surface area contributed by atoms with Crippen molar-refractivity contribution in [1.29, 1.82) is 0 Å². The van der Waals surface area contributed by atoms with Crippen molar-refractivity contribution >= 4 is 11.5 Å². The molecule has 16 heavy (non-hydrogen) atoms. The average Bonchev–Trinajstić information content (AvgIpc) is 2.63. The topological polar surface area (TPSA) is 50.9 Å². The third kappa shape index (κ3) is 2.13. The van der Waals surface area contributed by atoms with E-state index in [4.69, 9.17) is 5.73 Å². The minimum absolute atomic E-state index is 0.552. The summed E-state index contributed by atoms with van der Waals surface area (Å²) in [4.78, 5) is 4.10. The number of hydrogen-bond acceptors (Lipinski definition) is 3. The lowest BCUT2D eigenvalue weighted by molar-refractivity contribution is 0.392. The van der Waals surface area contributed by atoms with Crippen LogP contribution in [0.15, 0.2) is 18.3 Å². The smallest absolute Gasteiger partial charge is 0.146 e. The van der Waals surface area contributed by atoms with Gasteiger partial charge in [-0.25, -0.2) is 4.98 Å². The van der Waals surface area contributed by atoms with E-state index in [9.17, 15) is 0 Å². The van der Waals surface area contributed by atoms with E-state index < -0.39 is 0 Å². The molecular weight excluding hydrogens is 198 g/mol. The van der Waals surface area contributed by atoms with E-state index in [1.807, 2.05) is 12.1 Å². The second kappa shape index (κ2) is 4.73. The second-order valence-corrected chi connectivity index (χ2v) is 4.79. The molecule has 88 valence electrons. The first-order valence-electron chi connectivity index (χ1n) is 6.19. The molecule has 0 amide bonds. The molecule has 3 heteroatoms. The van der Waals surface area contributed by atoms with Crippen molar-refractivity contribution in [2.24, 2.45) is 11.8 Å². The summed E-state index contributed by atoms with van der Waals surface area (Å²) in [6, 6.07) is 4.49. The van der Waals surface area contributed by atoms with Crippen LogP contribution in [-0.2, 0) is 0 Å². The number of nitrogen functional groups attached to an aromatic ring is 1. The van der Waals surface area contributed by atoms with Gasteiger partial charge in [0, 0.05) is 12.2 Å². The SMILES string of the molecule is CCC1CCC(Nc2cccnc2N)C1C. The van der Waals surface area contributed by atoms with Gasteiger partial charge in [0.25, 0.3) is 0 Å². The highest BCUT2D eigenvalue weighted by Gasteiger charge is 2.31. The van der Waals surface area contributed by atoms with Crippen LogP contribution in [0.3, 0.4) is 0 Å². The van der Waals surface area contributed by atoms with Crippen LogP contribution in [0.2, 0.25) is 0 Å². The molecule has 1 aliphatic carbocycles. The molecule has 3 N–H and O–H groups in total. The standard InChI is InChI=1S/C13H21N3/c1-3-10-6-7-11(9(10)2)16-12-5-4-8-15-13(12)14/h4-5,8-11,16H,3,6-7H2,1-2H3,(H2,14,15). The van der Waals surface area contributed by atoms with Crippen LogP contribution in [0.25, 0.3) is 0 Å². The maximum absolute atomic E-state index is 5.84. The highest BCUT2D eigenvalue weighted by Crippen LogP contribution is 2.36. The highest BCUT2D eigenvalue weighted by molar-refractivity contribution is 5.61. The van der Waals surface area contributed by atoms with Crippen LogP contribution in [0.1, 0.15) is 33.1 Å². The number of anilines is 2. The molecule has 1 aliphatic rings. The Kier molecular flexibility index (Phi) is 3.32. The van der Waals surface area contributed by atoms with E-state index in [1.54, 1.807) is 6.20 Å². The Hall–Kier alpha value is -1.25. The summed E-state index contributed by atoms with van der Waals surface area (Å²) < 4.78 is 0. The Labute approximate surface area is 97.5 Å². The Morgan fingerprint density at radius 1 is 1.50 bits per heavy atom. The van der Waals surface area contributed by atoms with Crippen molar-refractivity contribution in [2.75, 3.05) is 11.1 Å². The lowest BCUT2D eigenvalue weighted by atomic mass is 9.93. The molecule has 1 heterocycles. The quantitative estimate of drug-likeness (QED) is 0.821. The predicted octanol–water partition coefficient (Wildman–Crippen LogP) is 2.90. The van der Waals surface area contributed by atoms with Gasteiger partial charge in [0.15, 0.2) is 0 Å². The molecule has 2 rings (SSSR count). The van der Waals surface area contributed by atoms with E-state index in [2.05, 4.69) is 24.1 Å². The zero-order chi connectivity index (χ0) is 11.5. The summed E-state index contributed by atoms with van der Waals surface area (Å²) in [5.74, 6) is 2.19. The van der Waals surface area contributed by atoms with Gasteiger partial charge in [-0.15, -0.1) is 0 Å². The fourth-order valence-electron chi connectivity index (χ4n) is 2.77. The molecule has 0 spiro atoms. The number of nitrogens with zero attached hydrogens (tertiary/aromatic N) is 1. The van der Waals surface area contributed by atoms with Gasteiger partial charge in [-0.3, -0.25) is 0 Å². The number of hydrogen-bond donors (Lipinski definition) is 2. The van der Waals surface area contributed by atoms with Crippen molar-refractivity contribution in [3.8, 4) is 0 Å². The summed E-state index contributed by atoms with van der Waals surface area (Å²) in [5.41, 5.74) is 6.82. The summed E-state index contributed by atoms with van der Waals surface area (Å²) >= 11 is 0. The zero-order valence-electron chi connectivity index (χ0n) is 10.1. The lowest BCUT2D eigenvalue weighted by Gasteiger charge is -2.22. The first-order valence-corrected chi connectivity index (χ1v) is 6.19. The molecule has 3 atom stereocenters. The average molecular weight is 219 g/mol. The van der Waals surface area contributed by atoms with E-state index in [-0.39, 0.29) is 0 Å². The molecule has 1 saturated carbocycles. The van der Waals surface area contributed by atoms with Crippen LogP contribution in [0.5, 0.6) is 0 Å². The van der Waals surface area contributed by atoms with E-state index >= 15 is 0 Å². The number of nitrogens with one attached hydrogen (secondary N) is 1. The predicted molar refractivity (Wildman–Crippen MR) is 68.2 cm³/mol. The van der Waals surface area contributed by atoms with Crippen LogP contribution >= 0.6 is 0 Å². The largest absolute Gasteiger partial charge is 0.382 e. The maximum Gasteiger partial charge on any atom is 0.146 e. The van der Waals surface area contributed by atoms with Gasteiger partial charge in [-0.05, 0) is 36.8 Å². The van der Waals surface area contributed by atoms with Crippen molar-refractivity contribution in [3.05, 3.63) is 18.3 Å². The summed E-state index contributed by atoms with van der Waals surface area (Å²) in [7, 11) is 0. The highest BCUT2D eigenvalue weighted by atomic mass is 15.0. The van der Waals surface area contributed by atoms with Crippen molar-refractivity contribution in [2.45, 2.75) is 39.2 Å². The Morgan fingerprint density at radius 3 is 2.94 bits per heavy atom. The van der Waals surface area contributed by atoms with Crippen LogP contribution in [0.4, 0.5) is 11.5 Å². The van der Waals surface area contributed by atoms with Crippen LogP contribution < -0.4 is 11.1 Å². The fraction of sp³-hybridized carbons (Fsp3) is 0.615. The summed E-state index contributed by atoms with van der Waals surface area (Å²) in [6.45, 7) is 4.62. The third-order valence-corrected chi connectivity index (χ3v) is 3.93. The molecule has 0 aliphatic heterocycles. The maximum atomic E-state index is 5.84. The molecule has 0 saturated heterocycles. The van der Waals surface area contributed by atoms with Crippen molar-refractivity contribution < 1.29 is 0 Å². The molecule has 3 nitrogen and oxygen atoms in total. The molecule has 1 aromatic heterocycles. The summed E-state index contributed by atoms with van der Waals surface area (Å²) in [5, 5.41) is 3.54. The van der Waals surface area contributed by atoms with Gasteiger partial charge in [-0.1, -0.05) is 20.3 Å². The van der Waals surface area contributed by atoms with Gasteiger partial charge >= 0.3 is 0 Å². The number of aromatic nitrogens is 1. The fourth-order valence-corrected chi connectivity index (χ4v) is 2.77. The Bertz CT molecular complexity index is 351. The summed E-state index contributed by atoms with van der Waals surface area (Å²) in [6.07, 6.45) is 5.58. The van der Waals surface area contributed by atoms with Crippen LogP contribution in [-0.4, -0.2) is 11.0 Å². The van der Waals surface area contributed by atoms with E-state index in [0.717, 1.165) is 17.5 Å². The zero-order valence-corrected chi connectivity index (χ0v) is 10.1. The normalized spacial score (nSPS) is 29.2. The van der Waals surface area contributed by atoms with E-state index in [1.165, 1.54) is 19.3 Å². The van der Waals surface area contributed by atoms with Gasteiger partial charge < -0.3 is 11.1 Å². The number of pyridine rings is 1. The molecule has 0 bridgehead atoms. The van der Waals surface area contributed by atoms with E-state index in [0.29, 0.717) is 11.9 Å². The second-order valence-electron chi connectivity index (χ2n) is 4.79. The van der Waals surface area contributed by atoms with Gasteiger partial charge in [-0.2, -0.15) is 0 Å². The molecule has 1 fully saturated rings. The van der Waals surface area contributed by atoms with Crippen molar-refractivity contribution in [1.82, 2.24) is 4.98 Å². The monoisotopic (exact) mass is 219 g/mol. The number of rotatable bonds is 3. The number of nitrogens with two attached hydrogens (primary N) is 1. The molecule has 1 aromatic rings. The molecular formula is C13H21N3. The molecule has 0 radical (unpaired) electrons. The first-order chi connectivity index (χ1) is 7.72. The Balaban J connectivity index is 2.04.